The molecule has 0 spiro atoms. The van der Waals surface area contributed by atoms with E-state index in [0.717, 1.165) is 17.2 Å². The summed E-state index contributed by atoms with van der Waals surface area (Å²) in [5.41, 5.74) is 2.27. The number of ether oxygens (including phenoxy) is 1. The molecule has 0 radical (unpaired) electrons. The number of carbonyl (C=O) groups is 1. The Balaban J connectivity index is 1.52. The number of morpholine rings is 1. The van der Waals surface area contributed by atoms with Gasteiger partial charge in [0.2, 0.25) is 5.95 Å². The second kappa shape index (κ2) is 9.75. The summed E-state index contributed by atoms with van der Waals surface area (Å²) in [6.07, 6.45) is 6.17. The fourth-order valence-electron chi connectivity index (χ4n) is 3.84. The lowest BCUT2D eigenvalue weighted by molar-refractivity contribution is 0.0502. The Labute approximate surface area is 206 Å². The third kappa shape index (κ3) is 4.50. The van der Waals surface area contributed by atoms with Gasteiger partial charge in [-0.1, -0.05) is 0 Å². The first-order valence-electron chi connectivity index (χ1n) is 11.2. The molecule has 14 heteroatoms. The second-order valence-electron chi connectivity index (χ2n) is 8.28. The van der Waals surface area contributed by atoms with Crippen molar-refractivity contribution in [1.29, 1.82) is 0 Å². The number of rotatable bonds is 6. The molecule has 1 aliphatic rings. The first-order valence-corrected chi connectivity index (χ1v) is 11.2. The summed E-state index contributed by atoms with van der Waals surface area (Å²) in [5.74, 6) is 7.31. The molecule has 5 heterocycles. The minimum Gasteiger partial charge on any atom is -0.378 e. The summed E-state index contributed by atoms with van der Waals surface area (Å²) in [6, 6.07) is 0. The van der Waals surface area contributed by atoms with Crippen LogP contribution < -0.4 is 15.7 Å². The van der Waals surface area contributed by atoms with E-state index < -0.39 is 5.97 Å². The van der Waals surface area contributed by atoms with Crippen LogP contribution in [-0.4, -0.2) is 78.8 Å². The third-order valence-corrected chi connectivity index (χ3v) is 5.84. The maximum atomic E-state index is 11.6. The van der Waals surface area contributed by atoms with Crippen molar-refractivity contribution >= 4 is 28.9 Å². The molecule has 14 nitrogen and oxygen atoms in total. The van der Waals surface area contributed by atoms with Gasteiger partial charge in [-0.05, 0) is 6.92 Å². The Morgan fingerprint density at radius 1 is 1.08 bits per heavy atom. The van der Waals surface area contributed by atoms with Crippen molar-refractivity contribution in [2.75, 3.05) is 43.2 Å². The maximum Gasteiger partial charge on any atom is 0.359 e. The molecular formula is C22H25N11O3. The molecule has 0 bridgehead atoms. The standard InChI is InChI=1S/C22H25N11O3/c1-13-24-8-14(9-25-13)18-29-19-17(20(30-18)33-4-6-35-7-5-33)28-16(32(19)3)12-31(2)22-26-10-15(11-27-22)21(34)36-23/h8-11H,4-7,12,23H2,1-3H3. The summed E-state index contributed by atoms with van der Waals surface area (Å²) in [4.78, 5) is 51.4. The van der Waals surface area contributed by atoms with E-state index >= 15 is 0 Å². The third-order valence-electron chi connectivity index (χ3n) is 5.84. The van der Waals surface area contributed by atoms with Gasteiger partial charge in [-0.25, -0.2) is 39.7 Å². The number of fused-ring (bicyclic) bond motifs is 1. The van der Waals surface area contributed by atoms with Crippen LogP contribution in [0.1, 0.15) is 22.0 Å². The Hall–Kier alpha value is -4.30. The highest BCUT2D eigenvalue weighted by molar-refractivity contribution is 5.88. The summed E-state index contributed by atoms with van der Waals surface area (Å²) in [6.45, 7) is 4.85. The van der Waals surface area contributed by atoms with E-state index in [9.17, 15) is 4.79 Å². The minimum atomic E-state index is -0.705. The molecule has 0 saturated carbocycles. The van der Waals surface area contributed by atoms with Crippen LogP contribution in [0, 0.1) is 6.92 Å². The normalized spacial score (nSPS) is 13.7. The van der Waals surface area contributed by atoms with E-state index in [0.29, 0.717) is 61.6 Å². The minimum absolute atomic E-state index is 0.162. The number of hydrogen-bond donors (Lipinski definition) is 1. The van der Waals surface area contributed by atoms with Gasteiger partial charge in [0.15, 0.2) is 22.8 Å². The van der Waals surface area contributed by atoms with Crippen LogP contribution in [0.25, 0.3) is 22.6 Å². The van der Waals surface area contributed by atoms with Gasteiger partial charge < -0.3 is 23.9 Å². The Morgan fingerprint density at radius 3 is 2.44 bits per heavy atom. The number of aryl methyl sites for hydroxylation is 2. The van der Waals surface area contributed by atoms with Crippen LogP contribution in [0.15, 0.2) is 24.8 Å². The Bertz CT molecular complexity index is 1380. The van der Waals surface area contributed by atoms with Crippen LogP contribution in [-0.2, 0) is 23.2 Å². The largest absolute Gasteiger partial charge is 0.378 e. The fraction of sp³-hybridized carbons (Fsp3) is 0.364. The fourth-order valence-corrected chi connectivity index (χ4v) is 3.84. The molecule has 4 aromatic rings. The van der Waals surface area contributed by atoms with Crippen molar-refractivity contribution in [2.45, 2.75) is 13.5 Å². The number of nitrogens with zero attached hydrogens (tertiary/aromatic N) is 10. The number of aromatic nitrogens is 8. The van der Waals surface area contributed by atoms with Crippen LogP contribution in [0.3, 0.4) is 0 Å². The van der Waals surface area contributed by atoms with Crippen LogP contribution in [0.4, 0.5) is 11.8 Å². The molecule has 1 fully saturated rings. The van der Waals surface area contributed by atoms with E-state index in [4.69, 9.17) is 25.6 Å². The van der Waals surface area contributed by atoms with E-state index in [1.54, 1.807) is 12.4 Å². The molecule has 4 aromatic heterocycles. The average Bonchev–Trinajstić information content (AvgIpc) is 3.23. The molecule has 1 saturated heterocycles. The van der Waals surface area contributed by atoms with Crippen LogP contribution in [0.2, 0.25) is 0 Å². The highest BCUT2D eigenvalue weighted by Crippen LogP contribution is 2.28. The zero-order valence-corrected chi connectivity index (χ0v) is 20.1. The smallest absolute Gasteiger partial charge is 0.359 e. The van der Waals surface area contributed by atoms with E-state index in [1.165, 1.54) is 12.4 Å². The molecule has 0 aliphatic carbocycles. The zero-order valence-electron chi connectivity index (χ0n) is 20.1. The zero-order chi connectivity index (χ0) is 25.2. The predicted octanol–water partition coefficient (Wildman–Crippen LogP) is 0.422. The van der Waals surface area contributed by atoms with Gasteiger partial charge in [0.25, 0.3) is 0 Å². The molecule has 0 atom stereocenters. The van der Waals surface area contributed by atoms with Crippen molar-refractivity contribution in [1.82, 2.24) is 39.5 Å². The lowest BCUT2D eigenvalue weighted by Gasteiger charge is -2.28. The number of imidazole rings is 1. The molecule has 2 N–H and O–H groups in total. The summed E-state index contributed by atoms with van der Waals surface area (Å²) in [5, 5.41) is 0. The van der Waals surface area contributed by atoms with Crippen molar-refractivity contribution in [3.05, 3.63) is 42.0 Å². The highest BCUT2D eigenvalue weighted by Gasteiger charge is 2.23. The van der Waals surface area contributed by atoms with Crippen molar-refractivity contribution in [3.63, 3.8) is 0 Å². The quantitative estimate of drug-likeness (QED) is 0.369. The Kier molecular flexibility index (Phi) is 6.35. The van der Waals surface area contributed by atoms with Crippen LogP contribution in [0.5, 0.6) is 0 Å². The molecule has 0 unspecified atom stereocenters. The van der Waals surface area contributed by atoms with Gasteiger partial charge in [-0.2, -0.15) is 5.90 Å². The first-order chi connectivity index (χ1) is 17.4. The molecule has 0 aromatic carbocycles. The van der Waals surface area contributed by atoms with Gasteiger partial charge in [0, 0.05) is 52.0 Å². The lowest BCUT2D eigenvalue weighted by atomic mass is 10.3. The average molecular weight is 492 g/mol. The molecule has 186 valence electrons. The number of hydrogen-bond acceptors (Lipinski definition) is 13. The number of nitrogens with two attached hydrogens (primary N) is 1. The topological polar surface area (TPSA) is 163 Å². The van der Waals surface area contributed by atoms with Crippen molar-refractivity contribution in [2.24, 2.45) is 12.9 Å². The van der Waals surface area contributed by atoms with Gasteiger partial charge >= 0.3 is 5.97 Å². The van der Waals surface area contributed by atoms with Crippen LogP contribution >= 0.6 is 0 Å². The van der Waals surface area contributed by atoms with Gasteiger partial charge in [0.05, 0.1) is 30.9 Å². The first kappa shape index (κ1) is 23.4. The summed E-state index contributed by atoms with van der Waals surface area (Å²) >= 11 is 0. The SMILES string of the molecule is Cc1ncc(-c2nc(N3CCOCC3)c3nc(CN(C)c4ncc(C(=O)ON)cn4)n(C)c3n2)cn1. The highest BCUT2D eigenvalue weighted by atomic mass is 16.7. The summed E-state index contributed by atoms with van der Waals surface area (Å²) < 4.78 is 7.46. The van der Waals surface area contributed by atoms with Gasteiger partial charge in [-0.3, -0.25) is 0 Å². The predicted molar refractivity (Wildman–Crippen MR) is 129 cm³/mol. The van der Waals surface area contributed by atoms with Gasteiger partial charge in [0.1, 0.15) is 11.6 Å². The van der Waals surface area contributed by atoms with Crippen molar-refractivity contribution < 1.29 is 14.4 Å². The Morgan fingerprint density at radius 2 is 1.78 bits per heavy atom. The van der Waals surface area contributed by atoms with E-state index in [-0.39, 0.29) is 5.56 Å². The molecule has 36 heavy (non-hydrogen) atoms. The number of anilines is 2. The van der Waals surface area contributed by atoms with Crippen molar-refractivity contribution in [3.8, 4) is 11.4 Å². The molecule has 5 rings (SSSR count). The maximum absolute atomic E-state index is 11.6. The van der Waals surface area contributed by atoms with E-state index in [2.05, 4.69) is 29.7 Å². The lowest BCUT2D eigenvalue weighted by Crippen LogP contribution is -2.37. The summed E-state index contributed by atoms with van der Waals surface area (Å²) in [7, 11) is 3.74. The van der Waals surface area contributed by atoms with E-state index in [1.807, 2.05) is 30.5 Å². The number of carbonyl (C=O) groups excluding carboxylic acids is 1. The van der Waals surface area contributed by atoms with Gasteiger partial charge in [-0.15, -0.1) is 0 Å². The molecule has 1 aliphatic heterocycles. The molecule has 0 amide bonds. The monoisotopic (exact) mass is 491 g/mol. The second-order valence-corrected chi connectivity index (χ2v) is 8.28. The molecular weight excluding hydrogens is 466 g/mol.